The molecule has 2 N–H and O–H groups in total. The molecule has 4 heteroatoms. The minimum absolute atomic E-state index is 0.140. The van der Waals surface area contributed by atoms with Crippen molar-refractivity contribution in [3.8, 4) is 0 Å². The molecule has 14 heavy (non-hydrogen) atoms. The summed E-state index contributed by atoms with van der Waals surface area (Å²) in [5.41, 5.74) is 6.37. The zero-order chi connectivity index (χ0) is 10.7. The highest BCUT2D eigenvalue weighted by Gasteiger charge is 2.10. The summed E-state index contributed by atoms with van der Waals surface area (Å²) in [4.78, 5) is 11.4. The minimum atomic E-state index is -0.387. The number of carbonyl (C=O) groups is 1. The van der Waals surface area contributed by atoms with Crippen molar-refractivity contribution < 1.29 is 9.53 Å². The molecule has 0 spiro atoms. The Balaban J connectivity index is 2.86. The first-order chi connectivity index (χ1) is 6.50. The zero-order valence-electron chi connectivity index (χ0n) is 8.08. The highest BCUT2D eigenvalue weighted by molar-refractivity contribution is 6.33. The van der Waals surface area contributed by atoms with Gasteiger partial charge in [0.2, 0.25) is 0 Å². The van der Waals surface area contributed by atoms with Crippen molar-refractivity contribution >= 4 is 23.3 Å². The topological polar surface area (TPSA) is 52.3 Å². The van der Waals surface area contributed by atoms with Gasteiger partial charge in [-0.2, -0.15) is 0 Å². The molecule has 0 saturated heterocycles. The molecule has 3 nitrogen and oxygen atoms in total. The van der Waals surface area contributed by atoms with Gasteiger partial charge in [-0.25, -0.2) is 4.79 Å². The van der Waals surface area contributed by atoms with E-state index >= 15 is 0 Å². The van der Waals surface area contributed by atoms with Crippen LogP contribution in [0.1, 0.15) is 24.2 Å². The molecule has 0 aliphatic rings. The van der Waals surface area contributed by atoms with Crippen LogP contribution in [0.2, 0.25) is 5.02 Å². The summed E-state index contributed by atoms with van der Waals surface area (Å²) < 4.78 is 4.99. The number of esters is 1. The normalized spacial score (nSPS) is 10.3. The van der Waals surface area contributed by atoms with Crippen LogP contribution in [0.3, 0.4) is 0 Å². The molecule has 0 fully saturated rings. The van der Waals surface area contributed by atoms with E-state index in [0.717, 1.165) is 0 Å². The number of halogens is 1. The summed E-state index contributed by atoms with van der Waals surface area (Å²) in [5, 5.41) is 0.364. The lowest BCUT2D eigenvalue weighted by Crippen LogP contribution is -2.11. The molecular weight excluding hydrogens is 202 g/mol. The fourth-order valence-corrected chi connectivity index (χ4v) is 1.12. The monoisotopic (exact) mass is 213 g/mol. The Morgan fingerprint density at radius 1 is 1.50 bits per heavy atom. The van der Waals surface area contributed by atoms with Gasteiger partial charge in [-0.1, -0.05) is 11.6 Å². The molecule has 0 bridgehead atoms. The molecule has 76 valence electrons. The van der Waals surface area contributed by atoms with E-state index in [9.17, 15) is 4.79 Å². The molecule has 0 unspecified atom stereocenters. The maximum Gasteiger partial charge on any atom is 0.338 e. The summed E-state index contributed by atoms with van der Waals surface area (Å²) >= 11 is 5.76. The fraction of sp³-hybridized carbons (Fsp3) is 0.300. The van der Waals surface area contributed by atoms with Gasteiger partial charge in [-0.3, -0.25) is 0 Å². The molecule has 1 aromatic carbocycles. The molecule has 0 aliphatic heterocycles. The second-order valence-corrected chi connectivity index (χ2v) is 3.60. The third kappa shape index (κ3) is 2.64. The van der Waals surface area contributed by atoms with Gasteiger partial charge in [0.25, 0.3) is 0 Å². The number of carbonyl (C=O) groups excluding carboxylic acids is 1. The second kappa shape index (κ2) is 4.33. The Kier molecular flexibility index (Phi) is 3.36. The van der Waals surface area contributed by atoms with Crippen molar-refractivity contribution in [1.82, 2.24) is 0 Å². The summed E-state index contributed by atoms with van der Waals surface area (Å²) in [7, 11) is 0. The lowest BCUT2D eigenvalue weighted by atomic mass is 10.2. The van der Waals surface area contributed by atoms with Crippen molar-refractivity contribution in [3.63, 3.8) is 0 Å². The van der Waals surface area contributed by atoms with Gasteiger partial charge in [0.1, 0.15) is 0 Å². The number of hydrogen-bond donors (Lipinski definition) is 1. The average Bonchev–Trinajstić information content (AvgIpc) is 2.08. The summed E-state index contributed by atoms with van der Waals surface area (Å²) in [6, 6.07) is 4.67. The van der Waals surface area contributed by atoms with Gasteiger partial charge in [-0.15, -0.1) is 0 Å². The van der Waals surface area contributed by atoms with Gasteiger partial charge in [0.15, 0.2) is 0 Å². The zero-order valence-corrected chi connectivity index (χ0v) is 8.84. The highest BCUT2D eigenvalue weighted by Crippen LogP contribution is 2.20. The van der Waals surface area contributed by atoms with Gasteiger partial charge in [0.05, 0.1) is 22.4 Å². The van der Waals surface area contributed by atoms with Gasteiger partial charge < -0.3 is 10.5 Å². The number of anilines is 1. The molecule has 1 rings (SSSR count). The van der Waals surface area contributed by atoms with Crippen LogP contribution in [0.15, 0.2) is 18.2 Å². The molecule has 0 saturated carbocycles. The van der Waals surface area contributed by atoms with Crippen molar-refractivity contribution in [2.24, 2.45) is 0 Å². The lowest BCUT2D eigenvalue weighted by molar-refractivity contribution is 0.0378. The lowest BCUT2D eigenvalue weighted by Gasteiger charge is -2.08. The minimum Gasteiger partial charge on any atom is -0.459 e. The van der Waals surface area contributed by atoms with Crippen LogP contribution in [0.25, 0.3) is 0 Å². The highest BCUT2D eigenvalue weighted by atomic mass is 35.5. The predicted molar refractivity (Wildman–Crippen MR) is 56.4 cm³/mol. The van der Waals surface area contributed by atoms with E-state index in [2.05, 4.69) is 0 Å². The standard InChI is InChI=1S/C10H12ClNO2/c1-6(2)14-10(13)7-3-4-9(12)8(11)5-7/h3-6H,12H2,1-2H3. The Hall–Kier alpha value is -1.22. The fourth-order valence-electron chi connectivity index (χ4n) is 0.936. The van der Waals surface area contributed by atoms with Crippen LogP contribution in [0, 0.1) is 0 Å². The number of rotatable bonds is 2. The van der Waals surface area contributed by atoms with Gasteiger partial charge >= 0.3 is 5.97 Å². The number of nitrogens with two attached hydrogens (primary N) is 1. The Morgan fingerprint density at radius 3 is 2.64 bits per heavy atom. The van der Waals surface area contributed by atoms with Gasteiger partial charge in [-0.05, 0) is 32.0 Å². The van der Waals surface area contributed by atoms with Crippen LogP contribution < -0.4 is 5.73 Å². The van der Waals surface area contributed by atoms with Crippen LogP contribution in [-0.4, -0.2) is 12.1 Å². The Labute approximate surface area is 87.8 Å². The second-order valence-electron chi connectivity index (χ2n) is 3.19. The van der Waals surface area contributed by atoms with Crippen molar-refractivity contribution in [3.05, 3.63) is 28.8 Å². The van der Waals surface area contributed by atoms with Crippen LogP contribution in [-0.2, 0) is 4.74 Å². The summed E-state index contributed by atoms with van der Waals surface area (Å²) in [6.45, 7) is 3.58. The van der Waals surface area contributed by atoms with E-state index in [0.29, 0.717) is 16.3 Å². The largest absolute Gasteiger partial charge is 0.459 e. The smallest absolute Gasteiger partial charge is 0.338 e. The molecule has 0 atom stereocenters. The number of nitrogen functional groups attached to an aromatic ring is 1. The SMILES string of the molecule is CC(C)OC(=O)c1ccc(N)c(Cl)c1. The van der Waals surface area contributed by atoms with E-state index in [1.165, 1.54) is 6.07 Å². The first-order valence-corrected chi connectivity index (χ1v) is 4.64. The van der Waals surface area contributed by atoms with Gasteiger partial charge in [0, 0.05) is 0 Å². The molecule has 0 aliphatic carbocycles. The predicted octanol–water partition coefficient (Wildman–Crippen LogP) is 2.49. The quantitative estimate of drug-likeness (QED) is 0.607. The maximum absolute atomic E-state index is 11.4. The van der Waals surface area contributed by atoms with Crippen LogP contribution in [0.4, 0.5) is 5.69 Å². The molecule has 0 heterocycles. The first-order valence-electron chi connectivity index (χ1n) is 4.26. The third-order valence-corrected chi connectivity index (χ3v) is 1.91. The van der Waals surface area contributed by atoms with E-state index in [4.69, 9.17) is 22.1 Å². The van der Waals surface area contributed by atoms with Crippen molar-refractivity contribution in [1.29, 1.82) is 0 Å². The number of benzene rings is 1. The Morgan fingerprint density at radius 2 is 2.14 bits per heavy atom. The van der Waals surface area contributed by atoms with E-state index in [1.807, 2.05) is 0 Å². The number of hydrogen-bond acceptors (Lipinski definition) is 3. The maximum atomic E-state index is 11.4. The van der Waals surface area contributed by atoms with Crippen LogP contribution >= 0.6 is 11.6 Å². The molecule has 0 aromatic heterocycles. The van der Waals surface area contributed by atoms with Crippen molar-refractivity contribution in [2.75, 3.05) is 5.73 Å². The summed E-state index contributed by atoms with van der Waals surface area (Å²) in [5.74, 6) is -0.387. The van der Waals surface area contributed by atoms with Crippen molar-refractivity contribution in [2.45, 2.75) is 20.0 Å². The molecular formula is C10H12ClNO2. The molecule has 1 aromatic rings. The Bertz CT molecular complexity index is 350. The van der Waals surface area contributed by atoms with E-state index in [1.54, 1.807) is 26.0 Å². The average molecular weight is 214 g/mol. The number of ether oxygens (including phenoxy) is 1. The summed E-state index contributed by atoms with van der Waals surface area (Å²) in [6.07, 6.45) is -0.140. The third-order valence-electron chi connectivity index (χ3n) is 1.58. The molecule has 0 radical (unpaired) electrons. The molecule has 0 amide bonds. The van der Waals surface area contributed by atoms with E-state index < -0.39 is 0 Å². The first kappa shape index (κ1) is 10.9. The van der Waals surface area contributed by atoms with E-state index in [-0.39, 0.29) is 12.1 Å². The van der Waals surface area contributed by atoms with Crippen LogP contribution in [0.5, 0.6) is 0 Å².